The Morgan fingerprint density at radius 3 is 2.37 bits per heavy atom. The Morgan fingerprint density at radius 2 is 1.74 bits per heavy atom. The van der Waals surface area contributed by atoms with Gasteiger partial charge in [-0.3, -0.25) is 14.4 Å². The summed E-state index contributed by atoms with van der Waals surface area (Å²) in [6, 6.07) is 5.43. The quantitative estimate of drug-likeness (QED) is 0.878. The minimum absolute atomic E-state index is 0.0136. The van der Waals surface area contributed by atoms with Gasteiger partial charge in [-0.15, -0.1) is 0 Å². The Hall–Kier alpha value is -2.44. The van der Waals surface area contributed by atoms with Gasteiger partial charge in [0.1, 0.15) is 11.2 Å². The number of benzene rings is 1. The molecule has 6 nitrogen and oxygen atoms in total. The molecule has 1 aromatic rings. The number of carboxylic acid groups (broad SMARTS) is 1. The maximum absolute atomic E-state index is 13.4. The molecule has 2 amide bonds. The van der Waals surface area contributed by atoms with Crippen molar-refractivity contribution < 1.29 is 23.9 Å². The molecule has 4 rings (SSSR count). The first-order valence-corrected chi connectivity index (χ1v) is 9.48. The molecule has 2 atom stereocenters. The van der Waals surface area contributed by atoms with Crippen molar-refractivity contribution in [2.75, 3.05) is 26.2 Å². The Bertz CT molecular complexity index is 792. The summed E-state index contributed by atoms with van der Waals surface area (Å²) in [6.45, 7) is 0.844. The first-order chi connectivity index (χ1) is 12.9. The Balaban J connectivity index is 1.51. The van der Waals surface area contributed by atoms with Gasteiger partial charge in [0, 0.05) is 43.6 Å². The zero-order valence-electron chi connectivity index (χ0n) is 15.1. The van der Waals surface area contributed by atoms with Crippen molar-refractivity contribution in [2.24, 2.45) is 17.3 Å². The third kappa shape index (κ3) is 2.99. The van der Waals surface area contributed by atoms with Crippen molar-refractivity contribution in [1.29, 1.82) is 0 Å². The zero-order valence-corrected chi connectivity index (χ0v) is 15.1. The number of halogens is 1. The number of likely N-dealkylation sites (tertiary alicyclic amines) is 2. The van der Waals surface area contributed by atoms with Gasteiger partial charge in [-0.2, -0.15) is 0 Å². The summed E-state index contributed by atoms with van der Waals surface area (Å²) >= 11 is 0. The van der Waals surface area contributed by atoms with Crippen molar-refractivity contribution >= 4 is 17.8 Å². The van der Waals surface area contributed by atoms with Crippen LogP contribution in [-0.2, 0) is 9.59 Å². The van der Waals surface area contributed by atoms with E-state index in [2.05, 4.69) is 0 Å². The second-order valence-electron chi connectivity index (χ2n) is 8.05. The number of nitrogens with zero attached hydrogens (tertiary/aromatic N) is 2. The SMILES string of the molecule is O=C(c1cccc(F)c1)N1C[C@@H]2CN(C(=O)C3CCCC3)C[C@]2(C(=O)O)C1. The van der Waals surface area contributed by atoms with E-state index in [1.54, 1.807) is 4.90 Å². The number of aliphatic carboxylic acids is 1. The van der Waals surface area contributed by atoms with Crippen LogP contribution in [0.2, 0.25) is 0 Å². The Morgan fingerprint density at radius 1 is 1.07 bits per heavy atom. The van der Waals surface area contributed by atoms with Gasteiger partial charge in [0.2, 0.25) is 5.91 Å². The highest BCUT2D eigenvalue weighted by molar-refractivity contribution is 5.95. The summed E-state index contributed by atoms with van der Waals surface area (Å²) < 4.78 is 13.4. The van der Waals surface area contributed by atoms with E-state index in [0.717, 1.165) is 25.7 Å². The van der Waals surface area contributed by atoms with Crippen molar-refractivity contribution in [1.82, 2.24) is 9.80 Å². The second-order valence-corrected chi connectivity index (χ2v) is 8.05. The largest absolute Gasteiger partial charge is 0.481 e. The van der Waals surface area contributed by atoms with Gasteiger partial charge in [0.05, 0.1) is 0 Å². The lowest BCUT2D eigenvalue weighted by atomic mass is 9.81. The van der Waals surface area contributed by atoms with Gasteiger partial charge in [-0.1, -0.05) is 18.9 Å². The van der Waals surface area contributed by atoms with Crippen LogP contribution in [0.5, 0.6) is 0 Å². The van der Waals surface area contributed by atoms with E-state index in [-0.39, 0.29) is 48.8 Å². The maximum atomic E-state index is 13.4. The van der Waals surface area contributed by atoms with Gasteiger partial charge in [0.25, 0.3) is 5.91 Å². The lowest BCUT2D eigenvalue weighted by Crippen LogP contribution is -2.44. The topological polar surface area (TPSA) is 77.9 Å². The molecule has 0 radical (unpaired) electrons. The van der Waals surface area contributed by atoms with Gasteiger partial charge < -0.3 is 14.9 Å². The summed E-state index contributed by atoms with van der Waals surface area (Å²) in [6.07, 6.45) is 3.86. The Labute approximate surface area is 156 Å². The van der Waals surface area contributed by atoms with Crippen LogP contribution in [0.15, 0.2) is 24.3 Å². The predicted octanol–water partition coefficient (Wildman–Crippen LogP) is 2.00. The third-order valence-electron chi connectivity index (χ3n) is 6.41. The minimum Gasteiger partial charge on any atom is -0.481 e. The third-order valence-corrected chi connectivity index (χ3v) is 6.41. The number of hydrogen-bond acceptors (Lipinski definition) is 3. The number of fused-ring (bicyclic) bond motifs is 1. The molecule has 0 bridgehead atoms. The molecular formula is C20H23FN2O4. The first kappa shape index (κ1) is 17.9. The monoisotopic (exact) mass is 374 g/mol. The average Bonchev–Trinajstić information content (AvgIpc) is 3.35. The van der Waals surface area contributed by atoms with Crippen LogP contribution in [0.25, 0.3) is 0 Å². The van der Waals surface area contributed by atoms with Crippen molar-refractivity contribution in [3.05, 3.63) is 35.6 Å². The number of carbonyl (C=O) groups excluding carboxylic acids is 2. The minimum atomic E-state index is -1.13. The van der Waals surface area contributed by atoms with Crippen molar-refractivity contribution in [3.63, 3.8) is 0 Å². The summed E-state index contributed by atoms with van der Waals surface area (Å²) in [5, 5.41) is 9.92. The molecule has 2 heterocycles. The smallest absolute Gasteiger partial charge is 0.313 e. The average molecular weight is 374 g/mol. The van der Waals surface area contributed by atoms with E-state index in [4.69, 9.17) is 0 Å². The molecule has 0 aromatic heterocycles. The molecule has 1 aromatic carbocycles. The fraction of sp³-hybridized carbons (Fsp3) is 0.550. The zero-order chi connectivity index (χ0) is 19.2. The molecule has 1 aliphatic carbocycles. The molecule has 1 saturated carbocycles. The van der Waals surface area contributed by atoms with E-state index < -0.39 is 17.2 Å². The molecule has 0 unspecified atom stereocenters. The van der Waals surface area contributed by atoms with E-state index in [9.17, 15) is 23.9 Å². The number of rotatable bonds is 3. The number of hydrogen-bond donors (Lipinski definition) is 1. The summed E-state index contributed by atoms with van der Waals surface area (Å²) in [4.78, 5) is 40.7. The highest BCUT2D eigenvalue weighted by atomic mass is 19.1. The van der Waals surface area contributed by atoms with Crippen LogP contribution in [0.3, 0.4) is 0 Å². The van der Waals surface area contributed by atoms with Gasteiger partial charge >= 0.3 is 5.97 Å². The number of carboxylic acids is 1. The van der Waals surface area contributed by atoms with Crippen molar-refractivity contribution in [2.45, 2.75) is 25.7 Å². The standard InChI is InChI=1S/C20H23FN2O4/c21-16-7-3-6-14(8-16)18(25)23-10-15-9-22(11-20(15,12-23)19(26)27)17(24)13-4-1-2-5-13/h3,6-8,13,15H,1-2,4-5,9-12H2,(H,26,27)/t15-,20-/m0/s1. The molecule has 2 saturated heterocycles. The lowest BCUT2D eigenvalue weighted by Gasteiger charge is -2.27. The molecule has 2 aliphatic heterocycles. The van der Waals surface area contributed by atoms with Crippen LogP contribution >= 0.6 is 0 Å². The van der Waals surface area contributed by atoms with E-state index >= 15 is 0 Å². The number of carbonyl (C=O) groups is 3. The van der Waals surface area contributed by atoms with Crippen LogP contribution in [0.4, 0.5) is 4.39 Å². The molecule has 0 spiro atoms. The van der Waals surface area contributed by atoms with E-state index in [0.29, 0.717) is 6.54 Å². The fourth-order valence-electron chi connectivity index (χ4n) is 4.93. The highest BCUT2D eigenvalue weighted by Gasteiger charge is 2.59. The molecular weight excluding hydrogens is 351 g/mol. The predicted molar refractivity (Wildman–Crippen MR) is 94.4 cm³/mol. The van der Waals surface area contributed by atoms with E-state index in [1.807, 2.05) is 0 Å². The fourth-order valence-corrected chi connectivity index (χ4v) is 4.93. The van der Waals surface area contributed by atoms with Gasteiger partial charge in [0.15, 0.2) is 0 Å². The molecule has 144 valence electrons. The first-order valence-electron chi connectivity index (χ1n) is 9.48. The Kier molecular flexibility index (Phi) is 4.40. The second kappa shape index (κ2) is 6.62. The molecule has 7 heteroatoms. The summed E-state index contributed by atoms with van der Waals surface area (Å²) in [5.41, 5.74) is -0.911. The van der Waals surface area contributed by atoms with Gasteiger partial charge in [-0.25, -0.2) is 4.39 Å². The molecule has 3 aliphatic rings. The molecule has 27 heavy (non-hydrogen) atoms. The molecule has 1 N–H and O–H groups in total. The lowest BCUT2D eigenvalue weighted by molar-refractivity contribution is -0.149. The van der Waals surface area contributed by atoms with Gasteiger partial charge in [-0.05, 0) is 31.0 Å². The van der Waals surface area contributed by atoms with Crippen LogP contribution in [0, 0.1) is 23.1 Å². The van der Waals surface area contributed by atoms with Crippen LogP contribution in [-0.4, -0.2) is 58.9 Å². The van der Waals surface area contributed by atoms with Crippen molar-refractivity contribution in [3.8, 4) is 0 Å². The normalized spacial score (nSPS) is 27.8. The molecule has 3 fully saturated rings. The summed E-state index contributed by atoms with van der Waals surface area (Å²) in [7, 11) is 0. The summed E-state index contributed by atoms with van der Waals surface area (Å²) in [5.74, 6) is -2.05. The number of amides is 2. The maximum Gasteiger partial charge on any atom is 0.313 e. The highest BCUT2D eigenvalue weighted by Crippen LogP contribution is 2.44. The van der Waals surface area contributed by atoms with Crippen LogP contribution in [0.1, 0.15) is 36.0 Å². The van der Waals surface area contributed by atoms with Crippen LogP contribution < -0.4 is 0 Å². The van der Waals surface area contributed by atoms with E-state index in [1.165, 1.54) is 29.2 Å².